The minimum Gasteiger partial charge on any atom is -0.448 e. The number of aromatic nitrogens is 4. The Morgan fingerprint density at radius 1 is 1.06 bits per heavy atom. The molecule has 0 aliphatic heterocycles. The summed E-state index contributed by atoms with van der Waals surface area (Å²) in [5.41, 5.74) is 4.56. The predicted molar refractivity (Wildman–Crippen MR) is 121 cm³/mol. The van der Waals surface area contributed by atoms with Gasteiger partial charge in [-0.25, -0.2) is 9.67 Å². The van der Waals surface area contributed by atoms with Crippen molar-refractivity contribution in [1.29, 1.82) is 0 Å². The standard InChI is InChI=1S/C24H21N5O3/c1-15-19(16(2)29(27-15)17-8-4-3-5-9-17)12-25-21(30)13-28-14-26-22-18-10-6-7-11-20(18)32-23(22)24(28)31/h3-11,14H,12-13H2,1-2H3,(H,25,30). The van der Waals surface area contributed by atoms with Gasteiger partial charge in [-0.3, -0.25) is 14.2 Å². The number of benzene rings is 2. The fourth-order valence-corrected chi connectivity index (χ4v) is 3.88. The minimum absolute atomic E-state index is 0.149. The van der Waals surface area contributed by atoms with Crippen molar-refractivity contribution in [3.8, 4) is 5.69 Å². The molecule has 160 valence electrons. The summed E-state index contributed by atoms with van der Waals surface area (Å²) >= 11 is 0. The second-order valence-electron chi connectivity index (χ2n) is 7.63. The van der Waals surface area contributed by atoms with E-state index in [9.17, 15) is 9.59 Å². The van der Waals surface area contributed by atoms with Crippen LogP contribution in [0.2, 0.25) is 0 Å². The first-order valence-electron chi connectivity index (χ1n) is 10.3. The molecule has 0 aliphatic carbocycles. The Labute approximate surface area is 183 Å². The summed E-state index contributed by atoms with van der Waals surface area (Å²) in [7, 11) is 0. The molecule has 0 atom stereocenters. The Bertz CT molecular complexity index is 1510. The third-order valence-electron chi connectivity index (χ3n) is 5.57. The molecule has 0 spiro atoms. The number of rotatable bonds is 5. The third-order valence-corrected chi connectivity index (χ3v) is 5.57. The lowest BCUT2D eigenvalue weighted by molar-refractivity contribution is -0.121. The minimum atomic E-state index is -0.384. The zero-order valence-electron chi connectivity index (χ0n) is 17.7. The first kappa shape index (κ1) is 19.7. The van der Waals surface area contributed by atoms with Gasteiger partial charge < -0.3 is 9.73 Å². The van der Waals surface area contributed by atoms with Crippen LogP contribution in [0.5, 0.6) is 0 Å². The summed E-state index contributed by atoms with van der Waals surface area (Å²) in [6.45, 7) is 4.05. The molecular weight excluding hydrogens is 406 g/mol. The van der Waals surface area contributed by atoms with Crippen LogP contribution in [0.25, 0.3) is 27.8 Å². The largest absolute Gasteiger partial charge is 0.448 e. The summed E-state index contributed by atoms with van der Waals surface area (Å²) in [6.07, 6.45) is 1.39. The van der Waals surface area contributed by atoms with Gasteiger partial charge in [-0.15, -0.1) is 0 Å². The Kier molecular flexibility index (Phi) is 4.82. The van der Waals surface area contributed by atoms with Crippen LogP contribution in [-0.2, 0) is 17.9 Å². The first-order valence-corrected chi connectivity index (χ1v) is 10.3. The average molecular weight is 427 g/mol. The monoisotopic (exact) mass is 427 g/mol. The number of furan rings is 1. The highest BCUT2D eigenvalue weighted by Gasteiger charge is 2.16. The van der Waals surface area contributed by atoms with E-state index in [2.05, 4.69) is 15.4 Å². The average Bonchev–Trinajstić information content (AvgIpc) is 3.32. The maximum atomic E-state index is 12.8. The van der Waals surface area contributed by atoms with Gasteiger partial charge in [0, 0.05) is 23.2 Å². The van der Waals surface area contributed by atoms with Gasteiger partial charge in [0.05, 0.1) is 17.7 Å². The SMILES string of the molecule is Cc1nn(-c2ccccc2)c(C)c1CNC(=O)Cn1cnc2c(oc3ccccc32)c1=O. The molecule has 5 rings (SSSR count). The second kappa shape index (κ2) is 7.81. The highest BCUT2D eigenvalue weighted by molar-refractivity contribution is 6.01. The van der Waals surface area contributed by atoms with Gasteiger partial charge in [0.15, 0.2) is 0 Å². The Balaban J connectivity index is 1.34. The van der Waals surface area contributed by atoms with E-state index in [1.807, 2.05) is 67.1 Å². The molecule has 0 unspecified atom stereocenters. The lowest BCUT2D eigenvalue weighted by atomic mass is 10.2. The molecule has 3 heterocycles. The third kappa shape index (κ3) is 3.35. The Morgan fingerprint density at radius 2 is 1.81 bits per heavy atom. The molecule has 0 aliphatic rings. The number of carbonyl (C=O) groups is 1. The lowest BCUT2D eigenvalue weighted by Gasteiger charge is -2.08. The van der Waals surface area contributed by atoms with Crippen molar-refractivity contribution in [1.82, 2.24) is 24.6 Å². The molecule has 8 nitrogen and oxygen atoms in total. The molecule has 0 bridgehead atoms. The first-order chi connectivity index (χ1) is 15.5. The molecular formula is C24H21N5O3. The van der Waals surface area contributed by atoms with Gasteiger partial charge in [-0.2, -0.15) is 5.10 Å². The topological polar surface area (TPSA) is 95.0 Å². The number of hydrogen-bond donors (Lipinski definition) is 1. The maximum absolute atomic E-state index is 12.8. The van der Waals surface area contributed by atoms with E-state index >= 15 is 0 Å². The molecule has 0 saturated heterocycles. The molecule has 0 saturated carbocycles. The van der Waals surface area contributed by atoms with E-state index in [-0.39, 0.29) is 23.6 Å². The second-order valence-corrected chi connectivity index (χ2v) is 7.63. The van der Waals surface area contributed by atoms with Crippen molar-refractivity contribution in [3.05, 3.63) is 88.2 Å². The fourth-order valence-electron chi connectivity index (χ4n) is 3.88. The lowest BCUT2D eigenvalue weighted by Crippen LogP contribution is -2.32. The molecule has 1 N–H and O–H groups in total. The van der Waals surface area contributed by atoms with Gasteiger partial charge in [-0.05, 0) is 38.1 Å². The van der Waals surface area contributed by atoms with Crippen molar-refractivity contribution in [3.63, 3.8) is 0 Å². The fraction of sp³-hybridized carbons (Fsp3) is 0.167. The molecule has 8 heteroatoms. The maximum Gasteiger partial charge on any atom is 0.297 e. The van der Waals surface area contributed by atoms with Gasteiger partial charge in [0.1, 0.15) is 17.6 Å². The molecule has 1 amide bonds. The Morgan fingerprint density at radius 3 is 2.62 bits per heavy atom. The number of carbonyl (C=O) groups excluding carboxylic acids is 1. The normalized spacial score (nSPS) is 11.3. The van der Waals surface area contributed by atoms with Crippen LogP contribution < -0.4 is 10.9 Å². The van der Waals surface area contributed by atoms with Crippen LogP contribution in [0.15, 0.2) is 70.1 Å². The van der Waals surface area contributed by atoms with E-state index in [0.717, 1.165) is 28.0 Å². The van der Waals surface area contributed by atoms with E-state index in [1.165, 1.54) is 10.9 Å². The Hall–Kier alpha value is -4.20. The van der Waals surface area contributed by atoms with Crippen LogP contribution in [0, 0.1) is 13.8 Å². The van der Waals surface area contributed by atoms with E-state index in [1.54, 1.807) is 6.07 Å². The van der Waals surface area contributed by atoms with Gasteiger partial charge in [-0.1, -0.05) is 30.3 Å². The van der Waals surface area contributed by atoms with Crippen LogP contribution >= 0.6 is 0 Å². The molecule has 5 aromatic rings. The molecule has 3 aromatic heterocycles. The van der Waals surface area contributed by atoms with Crippen molar-refractivity contribution in [2.75, 3.05) is 0 Å². The number of para-hydroxylation sites is 2. The highest BCUT2D eigenvalue weighted by Crippen LogP contribution is 2.24. The van der Waals surface area contributed by atoms with E-state index < -0.39 is 0 Å². The van der Waals surface area contributed by atoms with Gasteiger partial charge in [0.2, 0.25) is 11.5 Å². The van der Waals surface area contributed by atoms with E-state index in [0.29, 0.717) is 17.6 Å². The number of nitrogens with one attached hydrogen (secondary N) is 1. The van der Waals surface area contributed by atoms with Crippen molar-refractivity contribution in [2.45, 2.75) is 26.9 Å². The van der Waals surface area contributed by atoms with Gasteiger partial charge >= 0.3 is 0 Å². The number of fused-ring (bicyclic) bond motifs is 3. The summed E-state index contributed by atoms with van der Waals surface area (Å²) in [6, 6.07) is 17.2. The number of hydrogen-bond acceptors (Lipinski definition) is 5. The zero-order chi connectivity index (χ0) is 22.2. The van der Waals surface area contributed by atoms with Crippen molar-refractivity contribution in [2.24, 2.45) is 0 Å². The van der Waals surface area contributed by atoms with Crippen LogP contribution in [0.4, 0.5) is 0 Å². The highest BCUT2D eigenvalue weighted by atomic mass is 16.3. The van der Waals surface area contributed by atoms with E-state index in [4.69, 9.17) is 4.42 Å². The van der Waals surface area contributed by atoms with Crippen molar-refractivity contribution < 1.29 is 9.21 Å². The molecule has 0 fully saturated rings. The summed E-state index contributed by atoms with van der Waals surface area (Å²) in [5, 5.41) is 8.26. The summed E-state index contributed by atoms with van der Waals surface area (Å²) in [4.78, 5) is 29.7. The summed E-state index contributed by atoms with van der Waals surface area (Å²) in [5.74, 6) is -0.296. The smallest absolute Gasteiger partial charge is 0.297 e. The quantitative estimate of drug-likeness (QED) is 0.465. The van der Waals surface area contributed by atoms with Crippen molar-refractivity contribution >= 4 is 28.0 Å². The van der Waals surface area contributed by atoms with Gasteiger partial charge in [0.25, 0.3) is 5.56 Å². The predicted octanol–water partition coefficient (Wildman–Crippen LogP) is 3.26. The molecule has 32 heavy (non-hydrogen) atoms. The summed E-state index contributed by atoms with van der Waals surface area (Å²) < 4.78 is 8.79. The van der Waals surface area contributed by atoms with Crippen LogP contribution in [0.1, 0.15) is 17.0 Å². The molecule has 0 radical (unpaired) electrons. The van der Waals surface area contributed by atoms with Crippen LogP contribution in [-0.4, -0.2) is 25.2 Å². The zero-order valence-corrected chi connectivity index (χ0v) is 17.7. The van der Waals surface area contributed by atoms with Crippen LogP contribution in [0.3, 0.4) is 0 Å². The number of nitrogens with zero attached hydrogens (tertiary/aromatic N) is 4. The number of aryl methyl sites for hydroxylation is 1. The molecule has 2 aromatic carbocycles. The number of amides is 1.